The summed E-state index contributed by atoms with van der Waals surface area (Å²) < 4.78 is 39.1. The van der Waals surface area contributed by atoms with Gasteiger partial charge in [0.05, 0.1) is 0 Å². The lowest BCUT2D eigenvalue weighted by Gasteiger charge is -2.18. The Kier molecular flexibility index (Phi) is 3.11. The lowest BCUT2D eigenvalue weighted by molar-refractivity contribution is -0.147. The minimum atomic E-state index is -4.38. The van der Waals surface area contributed by atoms with Crippen LogP contribution in [0.5, 0.6) is 0 Å². The van der Waals surface area contributed by atoms with Gasteiger partial charge in [-0.15, -0.1) is 0 Å². The maximum atomic E-state index is 12.6. The number of halogens is 3. The van der Waals surface area contributed by atoms with Crippen molar-refractivity contribution < 1.29 is 13.2 Å². The van der Waals surface area contributed by atoms with Crippen LogP contribution in [0.25, 0.3) is 0 Å². The number of rotatable bonds is 2. The molecule has 1 rings (SSSR count). The van der Waals surface area contributed by atoms with E-state index in [1.54, 1.807) is 13.8 Å². The highest BCUT2D eigenvalue weighted by Gasteiger charge is 2.38. The van der Waals surface area contributed by atoms with E-state index in [9.17, 15) is 13.2 Å². The molecule has 0 fully saturated rings. The van der Waals surface area contributed by atoms with Crippen LogP contribution in [0.2, 0.25) is 0 Å². The molecule has 0 spiro atoms. The molecule has 86 valence electrons. The van der Waals surface area contributed by atoms with Gasteiger partial charge in [0.2, 0.25) is 5.82 Å². The van der Waals surface area contributed by atoms with E-state index in [4.69, 9.17) is 0 Å². The predicted octanol–water partition coefficient (Wildman–Crippen LogP) is 3.61. The minimum absolute atomic E-state index is 0.0380. The van der Waals surface area contributed by atoms with Crippen molar-refractivity contribution in [2.24, 2.45) is 0 Å². The van der Waals surface area contributed by atoms with Crippen LogP contribution < -0.4 is 0 Å². The first-order valence-electron chi connectivity index (χ1n) is 4.89. The Balaban J connectivity index is 3.31. The number of hydrogen-bond donors (Lipinski definition) is 0. The van der Waals surface area contributed by atoms with Crippen molar-refractivity contribution in [3.8, 4) is 0 Å². The zero-order valence-electron chi connectivity index (χ0n) is 9.26. The Bertz CT molecular complexity index is 337. The molecule has 0 saturated carbocycles. The lowest BCUT2D eigenvalue weighted by Crippen LogP contribution is -2.18. The van der Waals surface area contributed by atoms with Crippen molar-refractivity contribution in [3.63, 3.8) is 0 Å². The van der Waals surface area contributed by atoms with Gasteiger partial charge in [0.1, 0.15) is 0 Å². The molecule has 5 heteroatoms. The molecule has 1 aromatic rings. The summed E-state index contributed by atoms with van der Waals surface area (Å²) in [5.41, 5.74) is 0.623. The average molecular weight is 220 g/mol. The van der Waals surface area contributed by atoms with E-state index in [1.165, 1.54) is 10.8 Å². The van der Waals surface area contributed by atoms with Crippen LogP contribution in [0.3, 0.4) is 0 Å². The molecular weight excluding hydrogens is 205 g/mol. The van der Waals surface area contributed by atoms with Crippen molar-refractivity contribution in [1.82, 2.24) is 9.55 Å². The van der Waals surface area contributed by atoms with Crippen LogP contribution in [-0.4, -0.2) is 9.55 Å². The van der Waals surface area contributed by atoms with Gasteiger partial charge in [-0.05, 0) is 19.8 Å². The third kappa shape index (κ3) is 2.33. The summed E-state index contributed by atoms with van der Waals surface area (Å²) in [6.45, 7) is 7.16. The van der Waals surface area contributed by atoms with Crippen LogP contribution >= 0.6 is 0 Å². The van der Waals surface area contributed by atoms with Crippen molar-refractivity contribution in [2.45, 2.75) is 45.8 Å². The van der Waals surface area contributed by atoms with Gasteiger partial charge in [-0.2, -0.15) is 13.2 Å². The Morgan fingerprint density at radius 2 is 1.73 bits per heavy atom. The summed E-state index contributed by atoms with van der Waals surface area (Å²) in [6, 6.07) is -0.235. The smallest absolute Gasteiger partial charge is 0.322 e. The molecule has 0 aromatic carbocycles. The third-order valence-electron chi connectivity index (χ3n) is 2.19. The van der Waals surface area contributed by atoms with Crippen LogP contribution in [0, 0.1) is 0 Å². The Hall–Kier alpha value is -1.00. The normalized spacial score (nSPS) is 12.9. The number of imidazole rings is 1. The van der Waals surface area contributed by atoms with E-state index in [1.807, 2.05) is 13.8 Å². The molecule has 1 aromatic heterocycles. The Morgan fingerprint density at radius 3 is 2.07 bits per heavy atom. The highest BCUT2D eigenvalue weighted by atomic mass is 19.4. The maximum absolute atomic E-state index is 12.6. The van der Waals surface area contributed by atoms with Crippen LogP contribution in [0.1, 0.15) is 51.2 Å². The first-order chi connectivity index (χ1) is 6.75. The van der Waals surface area contributed by atoms with Crippen LogP contribution in [0.4, 0.5) is 13.2 Å². The second-order valence-electron chi connectivity index (χ2n) is 4.12. The van der Waals surface area contributed by atoms with Gasteiger partial charge in [0, 0.05) is 17.9 Å². The second-order valence-corrected chi connectivity index (χ2v) is 4.12. The zero-order chi connectivity index (χ0) is 11.8. The fraction of sp³-hybridized carbons (Fsp3) is 0.700. The number of aromatic nitrogens is 2. The third-order valence-corrected chi connectivity index (χ3v) is 2.19. The summed E-state index contributed by atoms with van der Waals surface area (Å²) in [7, 11) is 0. The molecule has 0 radical (unpaired) electrons. The summed E-state index contributed by atoms with van der Waals surface area (Å²) in [6.07, 6.45) is -3.06. The molecule has 15 heavy (non-hydrogen) atoms. The van der Waals surface area contributed by atoms with Gasteiger partial charge in [0.15, 0.2) is 0 Å². The summed E-state index contributed by atoms with van der Waals surface area (Å²) >= 11 is 0. The zero-order valence-corrected chi connectivity index (χ0v) is 9.26. The molecule has 0 saturated heterocycles. The van der Waals surface area contributed by atoms with E-state index in [0.29, 0.717) is 5.69 Å². The van der Waals surface area contributed by atoms with Crippen LogP contribution in [-0.2, 0) is 6.18 Å². The van der Waals surface area contributed by atoms with E-state index in [0.717, 1.165) is 0 Å². The van der Waals surface area contributed by atoms with Gasteiger partial charge in [-0.3, -0.25) is 0 Å². The van der Waals surface area contributed by atoms with E-state index >= 15 is 0 Å². The average Bonchev–Trinajstić information content (AvgIpc) is 2.45. The van der Waals surface area contributed by atoms with Gasteiger partial charge < -0.3 is 4.57 Å². The minimum Gasteiger partial charge on any atom is -0.322 e. The first-order valence-corrected chi connectivity index (χ1v) is 4.89. The molecule has 0 N–H and O–H groups in total. The van der Waals surface area contributed by atoms with Crippen molar-refractivity contribution >= 4 is 0 Å². The quantitative estimate of drug-likeness (QED) is 0.744. The van der Waals surface area contributed by atoms with Crippen molar-refractivity contribution in [3.05, 3.63) is 17.7 Å². The van der Waals surface area contributed by atoms with Gasteiger partial charge >= 0.3 is 6.18 Å². The molecule has 0 aliphatic carbocycles. The molecule has 0 atom stereocenters. The molecule has 0 amide bonds. The fourth-order valence-electron chi connectivity index (χ4n) is 1.55. The van der Waals surface area contributed by atoms with E-state index < -0.39 is 12.0 Å². The second kappa shape index (κ2) is 3.87. The monoisotopic (exact) mass is 220 g/mol. The van der Waals surface area contributed by atoms with E-state index in [-0.39, 0.29) is 12.0 Å². The number of nitrogens with zero attached hydrogens (tertiary/aromatic N) is 2. The van der Waals surface area contributed by atoms with Crippen LogP contribution in [0.15, 0.2) is 6.20 Å². The number of hydrogen-bond acceptors (Lipinski definition) is 1. The lowest BCUT2D eigenvalue weighted by atomic mass is 10.1. The topological polar surface area (TPSA) is 17.8 Å². The predicted molar refractivity (Wildman–Crippen MR) is 51.7 cm³/mol. The molecule has 2 nitrogen and oxygen atoms in total. The molecule has 1 heterocycles. The summed E-state index contributed by atoms with van der Waals surface area (Å²) in [4.78, 5) is 3.47. The first kappa shape index (κ1) is 12.1. The molecule has 0 bridgehead atoms. The summed E-state index contributed by atoms with van der Waals surface area (Å²) in [5.74, 6) is -0.766. The molecule has 0 unspecified atom stereocenters. The highest BCUT2D eigenvalue weighted by Crippen LogP contribution is 2.32. The van der Waals surface area contributed by atoms with Gasteiger partial charge in [0.25, 0.3) is 0 Å². The van der Waals surface area contributed by atoms with Gasteiger partial charge in [-0.25, -0.2) is 4.98 Å². The van der Waals surface area contributed by atoms with Crippen molar-refractivity contribution in [1.29, 1.82) is 0 Å². The maximum Gasteiger partial charge on any atom is 0.449 e. The molecular formula is C10H15F3N2. The summed E-state index contributed by atoms with van der Waals surface area (Å²) in [5, 5.41) is 0. The number of alkyl halides is 3. The molecule has 0 aliphatic rings. The Morgan fingerprint density at radius 1 is 1.20 bits per heavy atom. The van der Waals surface area contributed by atoms with E-state index in [2.05, 4.69) is 4.98 Å². The fourth-order valence-corrected chi connectivity index (χ4v) is 1.55. The van der Waals surface area contributed by atoms with Gasteiger partial charge in [-0.1, -0.05) is 13.8 Å². The molecule has 0 aliphatic heterocycles. The SMILES string of the molecule is CC(C)c1cnc(C(F)(F)F)n1C(C)C. The van der Waals surface area contributed by atoms with Crippen molar-refractivity contribution in [2.75, 3.05) is 0 Å². The standard InChI is InChI=1S/C10H15F3N2/c1-6(2)8-5-14-9(10(11,12)13)15(8)7(3)4/h5-7H,1-4H3. The largest absolute Gasteiger partial charge is 0.449 e. The Labute approximate surface area is 87.1 Å². The highest BCUT2D eigenvalue weighted by molar-refractivity contribution is 5.12.